The van der Waals surface area contributed by atoms with Crippen LogP contribution in [0, 0.1) is 11.3 Å². The molecule has 0 amide bonds. The fourth-order valence-electron chi connectivity index (χ4n) is 3.68. The molecule has 0 aromatic heterocycles. The molecule has 2 nitrogen and oxygen atoms in total. The Kier molecular flexibility index (Phi) is 5.45. The molecule has 0 unspecified atom stereocenters. The minimum Gasteiger partial charge on any atom is -0.376 e. The molecule has 1 aliphatic heterocycles. The van der Waals surface area contributed by atoms with Crippen LogP contribution in [0.5, 0.6) is 0 Å². The smallest absolute Gasteiger partial charge is 0.0631 e. The van der Waals surface area contributed by atoms with Crippen LogP contribution >= 0.6 is 0 Å². The zero-order valence-corrected chi connectivity index (χ0v) is 14.1. The molecule has 21 heavy (non-hydrogen) atoms. The lowest BCUT2D eigenvalue weighted by atomic mass is 9.65. The summed E-state index contributed by atoms with van der Waals surface area (Å²) in [5.74, 6) is 0.708. The molecule has 1 heterocycles. The Morgan fingerprint density at radius 3 is 2.52 bits per heavy atom. The Morgan fingerprint density at radius 2 is 1.90 bits per heavy atom. The fraction of sp³-hybridized carbons (Fsp3) is 0.684. The van der Waals surface area contributed by atoms with Crippen molar-refractivity contribution in [2.45, 2.75) is 59.1 Å². The Hall–Kier alpha value is -0.860. The first kappa shape index (κ1) is 16.5. The first-order chi connectivity index (χ1) is 9.94. The number of hydrogen-bond acceptors (Lipinski definition) is 2. The van der Waals surface area contributed by atoms with Crippen molar-refractivity contribution in [3.63, 3.8) is 0 Å². The highest BCUT2D eigenvalue weighted by molar-refractivity contribution is 5.14. The summed E-state index contributed by atoms with van der Waals surface area (Å²) in [5.41, 5.74) is 1.82. The molecule has 0 saturated carbocycles. The molecule has 1 N–H and O–H groups in total. The van der Waals surface area contributed by atoms with Crippen molar-refractivity contribution in [1.29, 1.82) is 0 Å². The third-order valence-corrected chi connectivity index (χ3v) is 5.07. The van der Waals surface area contributed by atoms with Gasteiger partial charge < -0.3 is 10.1 Å². The van der Waals surface area contributed by atoms with E-state index in [4.69, 9.17) is 4.74 Å². The predicted octanol–water partition coefficient (Wildman–Crippen LogP) is 4.40. The minimum atomic E-state index is 0.0297. The molecule has 0 aliphatic carbocycles. The second-order valence-corrected chi connectivity index (χ2v) is 7.46. The Morgan fingerprint density at radius 1 is 1.19 bits per heavy atom. The van der Waals surface area contributed by atoms with Crippen LogP contribution in [0.15, 0.2) is 30.3 Å². The molecule has 1 aromatic carbocycles. The first-order valence-electron chi connectivity index (χ1n) is 8.32. The van der Waals surface area contributed by atoms with Gasteiger partial charge >= 0.3 is 0 Å². The number of ether oxygens (including phenoxy) is 1. The molecule has 0 radical (unpaired) electrons. The molecule has 1 atom stereocenters. The molecule has 1 aromatic rings. The Labute approximate surface area is 130 Å². The van der Waals surface area contributed by atoms with E-state index in [9.17, 15) is 0 Å². The molecule has 1 aliphatic rings. The van der Waals surface area contributed by atoms with Crippen molar-refractivity contribution in [2.75, 3.05) is 13.2 Å². The molecule has 1 fully saturated rings. The molecular weight excluding hydrogens is 258 g/mol. The van der Waals surface area contributed by atoms with E-state index >= 15 is 0 Å². The van der Waals surface area contributed by atoms with Crippen molar-refractivity contribution in [3.05, 3.63) is 35.9 Å². The topological polar surface area (TPSA) is 21.3 Å². The summed E-state index contributed by atoms with van der Waals surface area (Å²) < 4.78 is 5.93. The van der Waals surface area contributed by atoms with Gasteiger partial charge in [0.05, 0.1) is 5.60 Å². The van der Waals surface area contributed by atoms with Crippen molar-refractivity contribution in [3.8, 4) is 0 Å². The maximum Gasteiger partial charge on any atom is 0.0631 e. The van der Waals surface area contributed by atoms with Crippen molar-refractivity contribution >= 4 is 0 Å². The SMILES string of the molecule is CC(C)[C@@]1(CCNCc2ccccc2)CCOC(C)(C)C1. The molecule has 2 heteroatoms. The minimum absolute atomic E-state index is 0.0297. The zero-order valence-electron chi connectivity index (χ0n) is 14.1. The van der Waals surface area contributed by atoms with E-state index < -0.39 is 0 Å². The molecule has 2 rings (SSSR count). The summed E-state index contributed by atoms with van der Waals surface area (Å²) in [4.78, 5) is 0. The van der Waals surface area contributed by atoms with Crippen LogP contribution in [0.1, 0.15) is 52.5 Å². The first-order valence-corrected chi connectivity index (χ1v) is 8.32. The summed E-state index contributed by atoms with van der Waals surface area (Å²) >= 11 is 0. The van der Waals surface area contributed by atoms with Crippen LogP contribution in [0.2, 0.25) is 0 Å². The number of hydrogen-bond donors (Lipinski definition) is 1. The molecule has 0 spiro atoms. The van der Waals surface area contributed by atoms with E-state index in [1.54, 1.807) is 0 Å². The van der Waals surface area contributed by atoms with E-state index in [0.29, 0.717) is 11.3 Å². The predicted molar refractivity (Wildman–Crippen MR) is 89.3 cm³/mol. The molecule has 1 saturated heterocycles. The van der Waals surface area contributed by atoms with Crippen molar-refractivity contribution in [1.82, 2.24) is 5.32 Å². The van der Waals surface area contributed by atoms with Crippen molar-refractivity contribution in [2.24, 2.45) is 11.3 Å². The molecular formula is C19H31NO. The van der Waals surface area contributed by atoms with Crippen LogP contribution in [-0.2, 0) is 11.3 Å². The van der Waals surface area contributed by atoms with Crippen LogP contribution in [0.4, 0.5) is 0 Å². The lowest BCUT2D eigenvalue weighted by Crippen LogP contribution is -2.45. The molecule has 0 bridgehead atoms. The summed E-state index contributed by atoms with van der Waals surface area (Å²) in [7, 11) is 0. The third kappa shape index (κ3) is 4.55. The Bertz CT molecular complexity index is 426. The number of benzene rings is 1. The summed E-state index contributed by atoms with van der Waals surface area (Å²) in [6, 6.07) is 10.6. The van der Waals surface area contributed by atoms with Gasteiger partial charge in [-0.2, -0.15) is 0 Å². The third-order valence-electron chi connectivity index (χ3n) is 5.07. The van der Waals surface area contributed by atoms with Gasteiger partial charge in [0.15, 0.2) is 0 Å². The van der Waals surface area contributed by atoms with E-state index in [1.165, 1.54) is 24.8 Å². The summed E-state index contributed by atoms with van der Waals surface area (Å²) in [6.07, 6.45) is 3.61. The highest BCUT2D eigenvalue weighted by Gasteiger charge is 2.42. The standard InChI is InChI=1S/C19H31NO/c1-16(2)19(11-13-21-18(3,4)15-19)10-12-20-14-17-8-6-5-7-9-17/h5-9,16,20H,10-15H2,1-4H3/t19-/m0/s1. The zero-order chi connectivity index (χ0) is 15.3. The Balaban J connectivity index is 1.86. The van der Waals surface area contributed by atoms with Crippen LogP contribution in [-0.4, -0.2) is 18.8 Å². The second kappa shape index (κ2) is 6.93. The van der Waals surface area contributed by atoms with Gasteiger partial charge in [-0.05, 0) is 56.6 Å². The van der Waals surface area contributed by atoms with Gasteiger partial charge in [-0.15, -0.1) is 0 Å². The highest BCUT2D eigenvalue weighted by atomic mass is 16.5. The van der Waals surface area contributed by atoms with Crippen molar-refractivity contribution < 1.29 is 4.74 Å². The summed E-state index contributed by atoms with van der Waals surface area (Å²) in [5, 5.41) is 3.62. The normalized spacial score (nSPS) is 25.2. The van der Waals surface area contributed by atoms with Crippen LogP contribution < -0.4 is 5.32 Å². The fourth-order valence-corrected chi connectivity index (χ4v) is 3.68. The second-order valence-electron chi connectivity index (χ2n) is 7.46. The highest BCUT2D eigenvalue weighted by Crippen LogP contribution is 2.46. The average Bonchev–Trinajstić information content (AvgIpc) is 2.43. The lowest BCUT2D eigenvalue weighted by molar-refractivity contribution is -0.121. The average molecular weight is 289 g/mol. The van der Waals surface area contributed by atoms with Gasteiger partial charge in [0.2, 0.25) is 0 Å². The maximum atomic E-state index is 5.93. The number of rotatable bonds is 6. The molecule has 118 valence electrons. The van der Waals surface area contributed by atoms with Crippen LogP contribution in [0.25, 0.3) is 0 Å². The quantitative estimate of drug-likeness (QED) is 0.784. The largest absolute Gasteiger partial charge is 0.376 e. The van der Waals surface area contributed by atoms with Gasteiger partial charge in [-0.25, -0.2) is 0 Å². The monoisotopic (exact) mass is 289 g/mol. The number of nitrogens with one attached hydrogen (secondary N) is 1. The van der Waals surface area contributed by atoms with E-state index in [-0.39, 0.29) is 5.60 Å². The van der Waals surface area contributed by atoms with Gasteiger partial charge in [0.25, 0.3) is 0 Å². The van der Waals surface area contributed by atoms with E-state index in [1.807, 2.05) is 0 Å². The van der Waals surface area contributed by atoms with E-state index in [0.717, 1.165) is 19.7 Å². The van der Waals surface area contributed by atoms with E-state index in [2.05, 4.69) is 63.3 Å². The van der Waals surface area contributed by atoms with Crippen LogP contribution in [0.3, 0.4) is 0 Å². The van der Waals surface area contributed by atoms with Gasteiger partial charge in [0.1, 0.15) is 0 Å². The van der Waals surface area contributed by atoms with Gasteiger partial charge in [0, 0.05) is 13.2 Å². The lowest BCUT2D eigenvalue weighted by Gasteiger charge is -2.48. The van der Waals surface area contributed by atoms with Gasteiger partial charge in [-0.3, -0.25) is 0 Å². The van der Waals surface area contributed by atoms with Gasteiger partial charge in [-0.1, -0.05) is 44.2 Å². The summed E-state index contributed by atoms with van der Waals surface area (Å²) in [6.45, 7) is 12.2. The maximum absolute atomic E-state index is 5.93.